The van der Waals surface area contributed by atoms with Gasteiger partial charge >= 0.3 is 5.97 Å². The number of hydrogen-bond acceptors (Lipinski definition) is 7. The number of rotatable bonds is 10. The highest BCUT2D eigenvalue weighted by atomic mass is 32.2. The Hall–Kier alpha value is -4.31. The van der Waals surface area contributed by atoms with Gasteiger partial charge in [0.2, 0.25) is 5.91 Å². The van der Waals surface area contributed by atoms with E-state index in [4.69, 9.17) is 9.47 Å². The second kappa shape index (κ2) is 11.6. The molecule has 10 heteroatoms. The molecule has 0 radical (unpaired) electrons. The molecule has 0 saturated heterocycles. The lowest BCUT2D eigenvalue weighted by Crippen LogP contribution is -2.23. The number of aromatic nitrogens is 3. The molecule has 4 rings (SSSR count). The summed E-state index contributed by atoms with van der Waals surface area (Å²) in [6.07, 6.45) is -0.485. The molecule has 2 N–H and O–H groups in total. The zero-order valence-corrected chi connectivity index (χ0v) is 21.3. The molecular weight excluding hydrogens is 492 g/mol. The van der Waals surface area contributed by atoms with Crippen LogP contribution in [0.4, 0.5) is 5.69 Å². The summed E-state index contributed by atoms with van der Waals surface area (Å²) in [4.78, 5) is 24.2. The van der Waals surface area contributed by atoms with E-state index in [2.05, 4.69) is 15.5 Å². The van der Waals surface area contributed by atoms with Crippen molar-refractivity contribution in [3.63, 3.8) is 0 Å². The Morgan fingerprint density at radius 2 is 1.65 bits per heavy atom. The summed E-state index contributed by atoms with van der Waals surface area (Å²) in [6.45, 7) is 3.62. The Morgan fingerprint density at radius 1 is 0.946 bits per heavy atom. The summed E-state index contributed by atoms with van der Waals surface area (Å²) in [5, 5.41) is 20.7. The Kier molecular flexibility index (Phi) is 8.09. The van der Waals surface area contributed by atoms with Crippen LogP contribution < -0.4 is 14.8 Å². The number of carbonyl (C=O) groups excluding carboxylic acids is 1. The predicted molar refractivity (Wildman–Crippen MR) is 141 cm³/mol. The molecule has 2 atom stereocenters. The molecule has 1 aromatic heterocycles. The first-order chi connectivity index (χ1) is 17.9. The summed E-state index contributed by atoms with van der Waals surface area (Å²) >= 11 is 1.24. The number of carboxylic acids is 1. The number of anilines is 1. The van der Waals surface area contributed by atoms with Crippen molar-refractivity contribution in [2.24, 2.45) is 0 Å². The van der Waals surface area contributed by atoms with E-state index in [0.29, 0.717) is 28.2 Å². The van der Waals surface area contributed by atoms with Crippen LogP contribution in [0.3, 0.4) is 0 Å². The van der Waals surface area contributed by atoms with Crippen LogP contribution in [0.2, 0.25) is 0 Å². The molecule has 190 valence electrons. The van der Waals surface area contributed by atoms with Crippen molar-refractivity contribution in [1.82, 2.24) is 14.8 Å². The first kappa shape index (κ1) is 25.8. The number of hydrogen-bond donors (Lipinski definition) is 2. The molecule has 0 aliphatic heterocycles. The van der Waals surface area contributed by atoms with Crippen molar-refractivity contribution < 1.29 is 24.2 Å². The molecular formula is C27H26N4O5S. The van der Waals surface area contributed by atoms with Crippen LogP contribution in [0, 0.1) is 0 Å². The van der Waals surface area contributed by atoms with Crippen molar-refractivity contribution in [3.8, 4) is 17.2 Å². The number of aromatic carboxylic acids is 1. The Bertz CT molecular complexity index is 1390. The van der Waals surface area contributed by atoms with E-state index in [-0.39, 0.29) is 11.5 Å². The van der Waals surface area contributed by atoms with Gasteiger partial charge in [-0.25, -0.2) is 4.79 Å². The summed E-state index contributed by atoms with van der Waals surface area (Å²) in [6, 6.07) is 23.0. The molecule has 0 spiro atoms. The first-order valence-electron chi connectivity index (χ1n) is 11.5. The highest BCUT2D eigenvalue weighted by Gasteiger charge is 2.25. The van der Waals surface area contributed by atoms with Crippen LogP contribution >= 0.6 is 11.8 Å². The van der Waals surface area contributed by atoms with Gasteiger partial charge in [0, 0.05) is 11.4 Å². The van der Waals surface area contributed by atoms with Gasteiger partial charge in [0.15, 0.2) is 28.6 Å². The highest BCUT2D eigenvalue weighted by Crippen LogP contribution is 2.33. The molecule has 2 unspecified atom stereocenters. The predicted octanol–water partition coefficient (Wildman–Crippen LogP) is 5.23. The van der Waals surface area contributed by atoms with Gasteiger partial charge in [0.1, 0.15) is 0 Å². The first-order valence-corrected chi connectivity index (χ1v) is 12.4. The minimum absolute atomic E-state index is 0.0932. The standard InChI is InChI=1S/C27H26N4O5S/c1-17(36-23-15-8-7-14-22(23)35-3)24-29-30-27(31(24)21-12-5-4-6-13-21)37-18(2)25(32)28-20-11-9-10-19(16-20)26(33)34/h4-18H,1-3H3,(H,28,32)(H,33,34). The molecule has 1 amide bonds. The number of thioether (sulfide) groups is 1. The van der Waals surface area contributed by atoms with Gasteiger partial charge in [-0.05, 0) is 56.3 Å². The number of para-hydroxylation sites is 3. The minimum atomic E-state index is -1.06. The third-order valence-electron chi connectivity index (χ3n) is 5.44. The lowest BCUT2D eigenvalue weighted by Gasteiger charge is -2.18. The SMILES string of the molecule is COc1ccccc1OC(C)c1nnc(SC(C)C(=O)Nc2cccc(C(=O)O)c2)n1-c1ccccc1. The third kappa shape index (κ3) is 6.10. The maximum atomic E-state index is 12.9. The summed E-state index contributed by atoms with van der Waals surface area (Å²) in [5.41, 5.74) is 1.32. The van der Waals surface area contributed by atoms with E-state index in [9.17, 15) is 14.7 Å². The van der Waals surface area contributed by atoms with E-state index < -0.39 is 17.3 Å². The summed E-state index contributed by atoms with van der Waals surface area (Å²) in [5.74, 6) is 0.375. The van der Waals surface area contributed by atoms with Gasteiger partial charge in [-0.3, -0.25) is 9.36 Å². The van der Waals surface area contributed by atoms with Crippen LogP contribution in [-0.4, -0.2) is 44.1 Å². The number of methoxy groups -OCH3 is 1. The molecule has 4 aromatic rings. The second-order valence-corrected chi connectivity index (χ2v) is 9.37. The molecule has 0 aliphatic carbocycles. The van der Waals surface area contributed by atoms with Crippen LogP contribution in [0.25, 0.3) is 5.69 Å². The zero-order valence-electron chi connectivity index (χ0n) is 20.5. The smallest absolute Gasteiger partial charge is 0.335 e. The molecule has 37 heavy (non-hydrogen) atoms. The van der Waals surface area contributed by atoms with Gasteiger partial charge in [-0.1, -0.05) is 48.2 Å². The van der Waals surface area contributed by atoms with Crippen LogP contribution in [0.5, 0.6) is 11.5 Å². The summed E-state index contributed by atoms with van der Waals surface area (Å²) < 4.78 is 13.4. The van der Waals surface area contributed by atoms with Crippen LogP contribution in [-0.2, 0) is 4.79 Å². The van der Waals surface area contributed by atoms with Crippen LogP contribution in [0.1, 0.15) is 36.1 Å². The van der Waals surface area contributed by atoms with Crippen molar-refractivity contribution in [1.29, 1.82) is 0 Å². The lowest BCUT2D eigenvalue weighted by molar-refractivity contribution is -0.115. The molecule has 0 fully saturated rings. The maximum absolute atomic E-state index is 12.9. The number of ether oxygens (including phenoxy) is 2. The molecule has 9 nitrogen and oxygen atoms in total. The Morgan fingerprint density at radius 3 is 2.35 bits per heavy atom. The lowest BCUT2D eigenvalue weighted by atomic mass is 10.2. The average Bonchev–Trinajstić information content (AvgIpc) is 3.33. The minimum Gasteiger partial charge on any atom is -0.493 e. The largest absolute Gasteiger partial charge is 0.493 e. The molecule has 0 aliphatic rings. The van der Waals surface area contributed by atoms with E-state index >= 15 is 0 Å². The van der Waals surface area contributed by atoms with Gasteiger partial charge in [0.05, 0.1) is 17.9 Å². The van der Waals surface area contributed by atoms with Gasteiger partial charge in [-0.2, -0.15) is 0 Å². The normalized spacial score (nSPS) is 12.4. The van der Waals surface area contributed by atoms with Crippen LogP contribution in [0.15, 0.2) is 84.0 Å². The second-order valence-electron chi connectivity index (χ2n) is 8.06. The summed E-state index contributed by atoms with van der Waals surface area (Å²) in [7, 11) is 1.58. The number of nitrogens with one attached hydrogen (secondary N) is 1. The van der Waals surface area contributed by atoms with Crippen molar-refractivity contribution in [2.75, 3.05) is 12.4 Å². The van der Waals surface area contributed by atoms with Crippen molar-refractivity contribution >= 4 is 29.3 Å². The van der Waals surface area contributed by atoms with Gasteiger partial charge in [-0.15, -0.1) is 10.2 Å². The fraction of sp³-hybridized carbons (Fsp3) is 0.185. The fourth-order valence-corrected chi connectivity index (χ4v) is 4.46. The number of amides is 1. The Labute approximate surface area is 218 Å². The molecule has 3 aromatic carbocycles. The van der Waals surface area contributed by atoms with E-state index in [1.807, 2.05) is 66.1 Å². The molecule has 1 heterocycles. The van der Waals surface area contributed by atoms with Crippen molar-refractivity contribution in [3.05, 3.63) is 90.3 Å². The quantitative estimate of drug-likeness (QED) is 0.274. The number of benzene rings is 3. The highest BCUT2D eigenvalue weighted by molar-refractivity contribution is 8.00. The van der Waals surface area contributed by atoms with E-state index in [1.165, 1.54) is 23.9 Å². The van der Waals surface area contributed by atoms with Crippen molar-refractivity contribution in [2.45, 2.75) is 30.4 Å². The molecule has 0 saturated carbocycles. The monoisotopic (exact) mass is 518 g/mol. The van der Waals surface area contributed by atoms with Gasteiger partial charge in [0.25, 0.3) is 0 Å². The number of carboxylic acid groups (broad SMARTS) is 1. The zero-order chi connectivity index (χ0) is 26.4. The molecule has 0 bridgehead atoms. The maximum Gasteiger partial charge on any atom is 0.335 e. The van der Waals surface area contributed by atoms with E-state index in [1.54, 1.807) is 26.2 Å². The average molecular weight is 519 g/mol. The topological polar surface area (TPSA) is 116 Å². The van der Waals surface area contributed by atoms with Gasteiger partial charge < -0.3 is 19.9 Å². The number of nitrogens with zero attached hydrogens (tertiary/aromatic N) is 3. The number of carbonyl (C=O) groups is 2. The third-order valence-corrected chi connectivity index (χ3v) is 6.48. The van der Waals surface area contributed by atoms with E-state index in [0.717, 1.165) is 5.69 Å². The fourth-order valence-electron chi connectivity index (χ4n) is 3.59. The Balaban J connectivity index is 1.58.